The van der Waals surface area contributed by atoms with Crippen LogP contribution >= 0.6 is 0 Å². The fourth-order valence-corrected chi connectivity index (χ4v) is 4.40. The van der Waals surface area contributed by atoms with E-state index in [0.29, 0.717) is 38.0 Å². The van der Waals surface area contributed by atoms with Crippen LogP contribution in [0.4, 0.5) is 13.2 Å². The summed E-state index contributed by atoms with van der Waals surface area (Å²) in [6, 6.07) is 13.5. The predicted molar refractivity (Wildman–Crippen MR) is 117 cm³/mol. The number of fused-ring (bicyclic) bond motifs is 1. The van der Waals surface area contributed by atoms with Crippen molar-refractivity contribution in [2.45, 2.75) is 44.4 Å². The van der Waals surface area contributed by atoms with Crippen LogP contribution in [0.25, 0.3) is 11.0 Å². The van der Waals surface area contributed by atoms with E-state index in [4.69, 9.17) is 0 Å². The summed E-state index contributed by atoms with van der Waals surface area (Å²) in [5.41, 5.74) is 1.99. The van der Waals surface area contributed by atoms with Crippen molar-refractivity contribution in [2.75, 3.05) is 13.1 Å². The van der Waals surface area contributed by atoms with Gasteiger partial charge in [0.15, 0.2) is 0 Å². The van der Waals surface area contributed by atoms with Crippen LogP contribution in [0.1, 0.15) is 36.2 Å². The monoisotopic (exact) mass is 444 g/mol. The lowest BCUT2D eigenvalue weighted by molar-refractivity contribution is -0.137. The molecule has 8 heteroatoms. The molecule has 1 aliphatic heterocycles. The number of halogens is 3. The highest BCUT2D eigenvalue weighted by molar-refractivity contribution is 5.79. The Balaban J connectivity index is 1.29. The molecule has 1 atom stereocenters. The molecule has 0 bridgehead atoms. The van der Waals surface area contributed by atoms with Gasteiger partial charge in [0.2, 0.25) is 5.91 Å². The zero-order valence-electron chi connectivity index (χ0n) is 18.0. The molecule has 0 radical (unpaired) electrons. The molecule has 32 heavy (non-hydrogen) atoms. The molecule has 2 aromatic carbocycles. The number of aryl methyl sites for hydroxylation is 1. The second-order valence-corrected chi connectivity index (χ2v) is 8.27. The van der Waals surface area contributed by atoms with Gasteiger partial charge in [-0.15, -0.1) is 0 Å². The Bertz CT molecular complexity index is 1090. The molecule has 1 fully saturated rings. The molecule has 170 valence electrons. The van der Waals surface area contributed by atoms with Gasteiger partial charge in [-0.1, -0.05) is 30.3 Å². The largest absolute Gasteiger partial charge is 0.416 e. The SMILES string of the molecule is Cn1c(CCN2C(=O)CCC2CCNCc2cccc(C(F)(F)F)c2)nc2ccccc21. The van der Waals surface area contributed by atoms with Gasteiger partial charge >= 0.3 is 6.18 Å². The summed E-state index contributed by atoms with van der Waals surface area (Å²) in [6.07, 6.45) is -1.52. The van der Waals surface area contributed by atoms with Crippen molar-refractivity contribution in [3.05, 3.63) is 65.5 Å². The van der Waals surface area contributed by atoms with Crippen LogP contribution in [0.3, 0.4) is 0 Å². The lowest BCUT2D eigenvalue weighted by Crippen LogP contribution is -2.36. The molecule has 0 saturated carbocycles. The number of hydrogen-bond acceptors (Lipinski definition) is 3. The highest BCUT2D eigenvalue weighted by Gasteiger charge is 2.31. The zero-order valence-corrected chi connectivity index (χ0v) is 18.0. The summed E-state index contributed by atoms with van der Waals surface area (Å²) in [4.78, 5) is 19.0. The first-order chi connectivity index (χ1) is 15.3. The van der Waals surface area contributed by atoms with Gasteiger partial charge in [-0.25, -0.2) is 4.98 Å². The number of amides is 1. The van der Waals surface area contributed by atoms with E-state index in [1.54, 1.807) is 6.07 Å². The van der Waals surface area contributed by atoms with Crippen LogP contribution in [0.15, 0.2) is 48.5 Å². The topological polar surface area (TPSA) is 50.2 Å². The van der Waals surface area contributed by atoms with Gasteiger partial charge in [-0.3, -0.25) is 4.79 Å². The molecular formula is C24H27F3N4O. The van der Waals surface area contributed by atoms with Crippen LogP contribution in [-0.2, 0) is 31.0 Å². The molecule has 4 rings (SSSR count). The smallest absolute Gasteiger partial charge is 0.339 e. The van der Waals surface area contributed by atoms with Crippen LogP contribution in [0.2, 0.25) is 0 Å². The lowest BCUT2D eigenvalue weighted by atomic mass is 10.1. The number of rotatable bonds is 8. The lowest BCUT2D eigenvalue weighted by Gasteiger charge is -2.25. The van der Waals surface area contributed by atoms with E-state index in [9.17, 15) is 18.0 Å². The molecule has 2 heterocycles. The molecule has 1 aromatic heterocycles. The number of benzene rings is 2. The third-order valence-corrected chi connectivity index (χ3v) is 6.15. The summed E-state index contributed by atoms with van der Waals surface area (Å²) in [6.45, 7) is 1.62. The van der Waals surface area contributed by atoms with E-state index in [0.717, 1.165) is 35.8 Å². The number of imidazole rings is 1. The first-order valence-corrected chi connectivity index (χ1v) is 10.9. The predicted octanol–water partition coefficient (Wildman–Crippen LogP) is 4.31. The number of likely N-dealkylation sites (tertiary alicyclic amines) is 1. The average molecular weight is 445 g/mol. The Hall–Kier alpha value is -2.87. The molecule has 1 saturated heterocycles. The Morgan fingerprint density at radius 2 is 1.97 bits per heavy atom. The molecule has 0 spiro atoms. The average Bonchev–Trinajstić information content (AvgIpc) is 3.28. The Kier molecular flexibility index (Phi) is 6.50. The second-order valence-electron chi connectivity index (χ2n) is 8.27. The molecule has 0 aliphatic carbocycles. The maximum Gasteiger partial charge on any atom is 0.416 e. The number of nitrogens with zero attached hydrogens (tertiary/aromatic N) is 3. The first kappa shape index (κ1) is 22.3. The summed E-state index contributed by atoms with van der Waals surface area (Å²) < 4.78 is 40.6. The minimum absolute atomic E-state index is 0.145. The van der Waals surface area contributed by atoms with E-state index in [-0.39, 0.29) is 11.9 Å². The van der Waals surface area contributed by atoms with Gasteiger partial charge < -0.3 is 14.8 Å². The van der Waals surface area contributed by atoms with Crippen molar-refractivity contribution < 1.29 is 18.0 Å². The molecule has 1 aliphatic rings. The third kappa shape index (κ3) is 4.96. The van der Waals surface area contributed by atoms with E-state index >= 15 is 0 Å². The normalized spacial score (nSPS) is 16.9. The van der Waals surface area contributed by atoms with Gasteiger partial charge in [0, 0.05) is 39.0 Å². The van der Waals surface area contributed by atoms with Crippen molar-refractivity contribution in [1.82, 2.24) is 19.8 Å². The van der Waals surface area contributed by atoms with Crippen molar-refractivity contribution in [2.24, 2.45) is 7.05 Å². The van der Waals surface area contributed by atoms with Gasteiger partial charge in [-0.2, -0.15) is 13.2 Å². The van der Waals surface area contributed by atoms with Crippen LogP contribution in [0, 0.1) is 0 Å². The minimum atomic E-state index is -4.33. The maximum atomic E-state index is 12.9. The van der Waals surface area contributed by atoms with E-state index in [1.807, 2.05) is 36.2 Å². The van der Waals surface area contributed by atoms with Crippen molar-refractivity contribution in [3.8, 4) is 0 Å². The molecule has 5 nitrogen and oxygen atoms in total. The molecule has 1 amide bonds. The minimum Gasteiger partial charge on any atom is -0.339 e. The van der Waals surface area contributed by atoms with Gasteiger partial charge in [0.1, 0.15) is 5.82 Å². The van der Waals surface area contributed by atoms with Crippen LogP contribution < -0.4 is 5.32 Å². The van der Waals surface area contributed by atoms with E-state index < -0.39 is 11.7 Å². The summed E-state index contributed by atoms with van der Waals surface area (Å²) in [5.74, 6) is 1.11. The second kappa shape index (κ2) is 9.32. The van der Waals surface area contributed by atoms with E-state index in [1.165, 1.54) is 12.1 Å². The molecule has 1 unspecified atom stereocenters. The van der Waals surface area contributed by atoms with Gasteiger partial charge in [0.25, 0.3) is 0 Å². The molecular weight excluding hydrogens is 417 g/mol. The summed E-state index contributed by atoms with van der Waals surface area (Å²) in [5, 5.41) is 3.22. The standard InChI is InChI=1S/C24H27F3N4O/c1-30-21-8-3-2-7-20(21)29-22(30)12-14-31-19(9-10-23(31)32)11-13-28-16-17-5-4-6-18(15-17)24(25,26)27/h2-8,15,19,28H,9-14,16H2,1H3. The van der Waals surface area contributed by atoms with Gasteiger partial charge in [0.05, 0.1) is 16.6 Å². The Morgan fingerprint density at radius 1 is 1.16 bits per heavy atom. The van der Waals surface area contributed by atoms with Crippen LogP contribution in [-0.4, -0.2) is 39.5 Å². The summed E-state index contributed by atoms with van der Waals surface area (Å²) >= 11 is 0. The highest BCUT2D eigenvalue weighted by atomic mass is 19.4. The summed E-state index contributed by atoms with van der Waals surface area (Å²) in [7, 11) is 1.99. The maximum absolute atomic E-state index is 12.9. The Morgan fingerprint density at radius 3 is 2.75 bits per heavy atom. The number of carbonyl (C=O) groups excluding carboxylic acids is 1. The number of aromatic nitrogens is 2. The fraction of sp³-hybridized carbons (Fsp3) is 0.417. The van der Waals surface area contributed by atoms with E-state index in [2.05, 4.69) is 14.9 Å². The quantitative estimate of drug-likeness (QED) is 0.527. The number of nitrogens with one attached hydrogen (secondary N) is 1. The number of hydrogen-bond donors (Lipinski definition) is 1. The van der Waals surface area contributed by atoms with Gasteiger partial charge in [-0.05, 0) is 43.1 Å². The number of para-hydroxylation sites is 2. The van der Waals surface area contributed by atoms with Crippen LogP contribution in [0.5, 0.6) is 0 Å². The zero-order chi connectivity index (χ0) is 22.7. The first-order valence-electron chi connectivity index (χ1n) is 10.9. The Labute approximate surface area is 185 Å². The molecule has 1 N–H and O–H groups in total. The molecule has 3 aromatic rings. The van der Waals surface area contributed by atoms with Crippen molar-refractivity contribution in [1.29, 1.82) is 0 Å². The third-order valence-electron chi connectivity index (χ3n) is 6.15. The number of alkyl halides is 3. The highest BCUT2D eigenvalue weighted by Crippen LogP contribution is 2.29. The fourth-order valence-electron chi connectivity index (χ4n) is 4.40. The number of carbonyl (C=O) groups is 1. The van der Waals surface area contributed by atoms with Crippen molar-refractivity contribution >= 4 is 16.9 Å². The van der Waals surface area contributed by atoms with Crippen molar-refractivity contribution in [3.63, 3.8) is 0 Å².